The molecule has 0 aliphatic carbocycles. The summed E-state index contributed by atoms with van der Waals surface area (Å²) in [6.45, 7) is 7.46. The van der Waals surface area contributed by atoms with Gasteiger partial charge in [0.1, 0.15) is 0 Å². The summed E-state index contributed by atoms with van der Waals surface area (Å²) in [5.41, 5.74) is 2.40. The zero-order valence-corrected chi connectivity index (χ0v) is 13.7. The number of hydrogen-bond acceptors (Lipinski definition) is 5. The first-order chi connectivity index (χ1) is 11.1. The first-order valence-corrected chi connectivity index (χ1v) is 7.82. The summed E-state index contributed by atoms with van der Waals surface area (Å²) in [6, 6.07) is 0. The molecule has 1 aliphatic rings. The van der Waals surface area contributed by atoms with Crippen molar-refractivity contribution in [3.05, 3.63) is 22.5 Å². The third-order valence-corrected chi connectivity index (χ3v) is 3.85. The van der Waals surface area contributed by atoms with E-state index in [2.05, 4.69) is 4.98 Å². The number of nitrogens with one attached hydrogen (secondary N) is 1. The zero-order chi connectivity index (χ0) is 16.7. The largest absolute Gasteiger partial charge is 0.377 e. The SMILES string of the molecule is Cc1[nH]c(C=O)c(C)c1C(=O)N1CCOCCOCCOCC1. The minimum atomic E-state index is -0.107. The lowest BCUT2D eigenvalue weighted by atomic mass is 10.1. The zero-order valence-electron chi connectivity index (χ0n) is 13.7. The third-order valence-electron chi connectivity index (χ3n) is 3.85. The van der Waals surface area contributed by atoms with Crippen LogP contribution in [0.1, 0.15) is 32.1 Å². The van der Waals surface area contributed by atoms with Crippen molar-refractivity contribution in [2.24, 2.45) is 0 Å². The number of nitrogens with zero attached hydrogens (tertiary/aromatic N) is 1. The van der Waals surface area contributed by atoms with Gasteiger partial charge in [0.2, 0.25) is 0 Å². The second kappa shape index (κ2) is 8.81. The molecule has 0 bridgehead atoms. The maximum absolute atomic E-state index is 12.8. The number of carbonyl (C=O) groups is 2. The van der Waals surface area contributed by atoms with E-state index in [1.165, 1.54) is 0 Å². The van der Waals surface area contributed by atoms with Gasteiger partial charge >= 0.3 is 0 Å². The molecule has 2 heterocycles. The Morgan fingerprint density at radius 1 is 1.00 bits per heavy atom. The summed E-state index contributed by atoms with van der Waals surface area (Å²) in [4.78, 5) is 28.5. The third kappa shape index (κ3) is 4.63. The average Bonchev–Trinajstić information content (AvgIpc) is 2.81. The molecule has 0 spiro atoms. The van der Waals surface area contributed by atoms with Crippen molar-refractivity contribution in [3.8, 4) is 0 Å². The maximum atomic E-state index is 12.8. The van der Waals surface area contributed by atoms with Crippen molar-refractivity contribution in [2.45, 2.75) is 13.8 Å². The molecule has 128 valence electrons. The smallest absolute Gasteiger partial charge is 0.256 e. The molecule has 0 aromatic carbocycles. The second-order valence-corrected chi connectivity index (χ2v) is 5.41. The van der Waals surface area contributed by atoms with Gasteiger partial charge in [-0.05, 0) is 19.4 Å². The number of ether oxygens (including phenoxy) is 3. The number of amides is 1. The van der Waals surface area contributed by atoms with Crippen molar-refractivity contribution in [1.29, 1.82) is 0 Å². The number of aryl methyl sites for hydroxylation is 1. The van der Waals surface area contributed by atoms with Gasteiger partial charge in [-0.1, -0.05) is 0 Å². The quantitative estimate of drug-likeness (QED) is 0.819. The van der Waals surface area contributed by atoms with Gasteiger partial charge in [-0.15, -0.1) is 0 Å². The Kier molecular flexibility index (Phi) is 6.76. The number of carbonyl (C=O) groups excluding carboxylic acids is 2. The Bertz CT molecular complexity index is 529. The molecule has 0 atom stereocenters. The Morgan fingerprint density at radius 3 is 2.00 bits per heavy atom. The van der Waals surface area contributed by atoms with Crippen molar-refractivity contribution in [3.63, 3.8) is 0 Å². The van der Waals surface area contributed by atoms with Crippen LogP contribution in [0.2, 0.25) is 0 Å². The molecule has 1 fully saturated rings. The molecule has 1 saturated heterocycles. The highest BCUT2D eigenvalue weighted by Crippen LogP contribution is 2.18. The lowest BCUT2D eigenvalue weighted by Gasteiger charge is -2.24. The standard InChI is InChI=1S/C16H24N2O5/c1-12-14(11-19)17-13(2)15(12)16(20)18-3-5-21-7-9-23-10-8-22-6-4-18/h11,17H,3-10H2,1-2H3. The van der Waals surface area contributed by atoms with E-state index in [9.17, 15) is 9.59 Å². The van der Waals surface area contributed by atoms with Crippen LogP contribution in [0.15, 0.2) is 0 Å². The normalized spacial score (nSPS) is 18.1. The van der Waals surface area contributed by atoms with Gasteiger partial charge in [0, 0.05) is 18.8 Å². The summed E-state index contributed by atoms with van der Waals surface area (Å²) in [6.07, 6.45) is 0.738. The molecule has 1 amide bonds. The number of hydrogen-bond donors (Lipinski definition) is 1. The molecule has 1 aromatic heterocycles. The van der Waals surface area contributed by atoms with Crippen LogP contribution < -0.4 is 0 Å². The van der Waals surface area contributed by atoms with Crippen LogP contribution in [-0.4, -0.2) is 74.8 Å². The summed E-state index contributed by atoms with van der Waals surface area (Å²) in [7, 11) is 0. The van der Waals surface area contributed by atoms with Crippen LogP contribution in [0, 0.1) is 13.8 Å². The minimum Gasteiger partial charge on any atom is -0.377 e. The Hall–Kier alpha value is -1.70. The van der Waals surface area contributed by atoms with Gasteiger partial charge in [-0.25, -0.2) is 0 Å². The summed E-state index contributed by atoms with van der Waals surface area (Å²) in [5.74, 6) is -0.107. The van der Waals surface area contributed by atoms with E-state index >= 15 is 0 Å². The van der Waals surface area contributed by atoms with E-state index in [-0.39, 0.29) is 5.91 Å². The Morgan fingerprint density at radius 2 is 1.52 bits per heavy atom. The summed E-state index contributed by atoms with van der Waals surface area (Å²) in [5, 5.41) is 0. The van der Waals surface area contributed by atoms with Crippen molar-refractivity contribution in [2.75, 3.05) is 52.7 Å². The van der Waals surface area contributed by atoms with Crippen LogP contribution in [0.3, 0.4) is 0 Å². The van der Waals surface area contributed by atoms with Gasteiger partial charge in [0.25, 0.3) is 5.91 Å². The predicted molar refractivity (Wildman–Crippen MR) is 84.0 cm³/mol. The molecule has 0 unspecified atom stereocenters. The van der Waals surface area contributed by atoms with Gasteiger partial charge in [0.05, 0.1) is 50.9 Å². The Balaban J connectivity index is 2.10. The average molecular weight is 324 g/mol. The first-order valence-electron chi connectivity index (χ1n) is 7.82. The molecule has 7 nitrogen and oxygen atoms in total. The fraction of sp³-hybridized carbons (Fsp3) is 0.625. The molecular formula is C16H24N2O5. The second-order valence-electron chi connectivity index (χ2n) is 5.41. The van der Waals surface area contributed by atoms with Crippen LogP contribution in [-0.2, 0) is 14.2 Å². The molecule has 1 N–H and O–H groups in total. The fourth-order valence-corrected chi connectivity index (χ4v) is 2.58. The van der Waals surface area contributed by atoms with E-state index in [1.807, 2.05) is 0 Å². The fourth-order valence-electron chi connectivity index (χ4n) is 2.58. The molecule has 1 aromatic rings. The lowest BCUT2D eigenvalue weighted by Crippen LogP contribution is -2.37. The Labute approximate surface area is 135 Å². The number of H-pyrrole nitrogens is 1. The number of aromatic amines is 1. The molecule has 23 heavy (non-hydrogen) atoms. The van der Waals surface area contributed by atoms with E-state index in [0.717, 1.165) is 6.29 Å². The highest BCUT2D eigenvalue weighted by atomic mass is 16.5. The molecule has 0 saturated carbocycles. The summed E-state index contributed by atoms with van der Waals surface area (Å²) < 4.78 is 16.3. The van der Waals surface area contributed by atoms with Crippen molar-refractivity contribution in [1.82, 2.24) is 9.88 Å². The molecule has 2 rings (SSSR count). The topological polar surface area (TPSA) is 80.9 Å². The molecule has 7 heteroatoms. The van der Waals surface area contributed by atoms with Crippen molar-refractivity contribution >= 4 is 12.2 Å². The molecular weight excluding hydrogens is 300 g/mol. The van der Waals surface area contributed by atoms with Crippen LogP contribution in [0.4, 0.5) is 0 Å². The van der Waals surface area contributed by atoms with E-state index in [0.29, 0.717) is 75.2 Å². The van der Waals surface area contributed by atoms with Crippen LogP contribution >= 0.6 is 0 Å². The van der Waals surface area contributed by atoms with Gasteiger partial charge in [-0.3, -0.25) is 9.59 Å². The molecule has 1 aliphatic heterocycles. The van der Waals surface area contributed by atoms with Gasteiger partial charge in [-0.2, -0.15) is 0 Å². The van der Waals surface area contributed by atoms with Crippen molar-refractivity contribution < 1.29 is 23.8 Å². The van der Waals surface area contributed by atoms with E-state index < -0.39 is 0 Å². The monoisotopic (exact) mass is 324 g/mol. The van der Waals surface area contributed by atoms with Crippen LogP contribution in [0.5, 0.6) is 0 Å². The highest BCUT2D eigenvalue weighted by molar-refractivity contribution is 5.99. The highest BCUT2D eigenvalue weighted by Gasteiger charge is 2.23. The van der Waals surface area contributed by atoms with Gasteiger partial charge < -0.3 is 24.1 Å². The van der Waals surface area contributed by atoms with E-state index in [1.54, 1.807) is 18.7 Å². The maximum Gasteiger partial charge on any atom is 0.256 e. The molecule has 0 radical (unpaired) electrons. The van der Waals surface area contributed by atoms with E-state index in [4.69, 9.17) is 14.2 Å². The number of rotatable bonds is 2. The lowest BCUT2D eigenvalue weighted by molar-refractivity contribution is -0.00436. The van der Waals surface area contributed by atoms with Crippen LogP contribution in [0.25, 0.3) is 0 Å². The predicted octanol–water partition coefficient (Wildman–Crippen LogP) is 0.950. The summed E-state index contributed by atoms with van der Waals surface area (Å²) >= 11 is 0. The number of aldehydes is 1. The minimum absolute atomic E-state index is 0.107. The number of aromatic nitrogens is 1. The first kappa shape index (κ1) is 17.7. The van der Waals surface area contributed by atoms with Gasteiger partial charge in [0.15, 0.2) is 6.29 Å².